The molecular formula is C13H12ClN3O. The van der Waals surface area contributed by atoms with Gasteiger partial charge in [-0.2, -0.15) is 0 Å². The Bertz CT molecular complexity index is 659. The van der Waals surface area contributed by atoms with Crippen molar-refractivity contribution in [1.82, 2.24) is 4.57 Å². The van der Waals surface area contributed by atoms with Gasteiger partial charge in [-0.1, -0.05) is 29.3 Å². The monoisotopic (exact) mass is 261 g/mol. The van der Waals surface area contributed by atoms with Crippen LogP contribution >= 0.6 is 11.6 Å². The summed E-state index contributed by atoms with van der Waals surface area (Å²) in [5, 5.41) is 8.33. The van der Waals surface area contributed by atoms with Crippen molar-refractivity contribution >= 4 is 17.5 Å². The molecule has 0 spiro atoms. The number of hydrogen-bond acceptors (Lipinski definition) is 2. The first-order chi connectivity index (χ1) is 8.49. The first-order valence-corrected chi connectivity index (χ1v) is 5.70. The van der Waals surface area contributed by atoms with Crippen molar-refractivity contribution in [2.45, 2.75) is 6.92 Å². The van der Waals surface area contributed by atoms with E-state index in [2.05, 4.69) is 0 Å². The number of hydrogen-bond donors (Lipinski definition) is 2. The summed E-state index contributed by atoms with van der Waals surface area (Å²) in [7, 11) is 0. The molecule has 5 heteroatoms. The van der Waals surface area contributed by atoms with Crippen molar-refractivity contribution < 1.29 is 4.79 Å². The molecule has 2 rings (SSSR count). The number of nitrogens with one attached hydrogen (secondary N) is 1. The van der Waals surface area contributed by atoms with E-state index in [0.717, 1.165) is 11.3 Å². The van der Waals surface area contributed by atoms with Crippen LogP contribution in [0.3, 0.4) is 0 Å². The number of carbonyl (C=O) groups is 1. The number of carbonyl (C=O) groups excluding carboxylic acids is 1. The van der Waals surface area contributed by atoms with Crippen molar-refractivity contribution in [2.75, 3.05) is 0 Å². The molecule has 1 amide bonds. The van der Waals surface area contributed by atoms with Crippen molar-refractivity contribution in [3.63, 3.8) is 0 Å². The lowest BCUT2D eigenvalue weighted by atomic mass is 10.2. The maximum absolute atomic E-state index is 11.2. The van der Waals surface area contributed by atoms with E-state index >= 15 is 0 Å². The van der Waals surface area contributed by atoms with Gasteiger partial charge in [0.1, 0.15) is 5.49 Å². The number of primary amides is 1. The van der Waals surface area contributed by atoms with Gasteiger partial charge in [0.25, 0.3) is 5.91 Å². The molecule has 1 aromatic carbocycles. The number of aromatic nitrogens is 1. The number of nitrogens with zero attached hydrogens (tertiary/aromatic N) is 1. The van der Waals surface area contributed by atoms with Crippen molar-refractivity contribution in [2.24, 2.45) is 5.73 Å². The average molecular weight is 262 g/mol. The zero-order chi connectivity index (χ0) is 13.3. The largest absolute Gasteiger partial charge is 0.365 e. The zero-order valence-electron chi connectivity index (χ0n) is 9.77. The normalized spacial score (nSPS) is 10.3. The van der Waals surface area contributed by atoms with E-state index in [1.54, 1.807) is 6.20 Å². The average Bonchev–Trinajstić information content (AvgIpc) is 2.32. The van der Waals surface area contributed by atoms with Gasteiger partial charge in [0.2, 0.25) is 0 Å². The first-order valence-electron chi connectivity index (χ1n) is 5.32. The fourth-order valence-corrected chi connectivity index (χ4v) is 1.86. The van der Waals surface area contributed by atoms with Crippen molar-refractivity contribution in [1.29, 1.82) is 5.41 Å². The second-order valence-corrected chi connectivity index (χ2v) is 4.43. The molecule has 1 aromatic heterocycles. The van der Waals surface area contributed by atoms with Gasteiger partial charge < -0.3 is 10.3 Å². The first kappa shape index (κ1) is 12.4. The molecule has 92 valence electrons. The molecular weight excluding hydrogens is 250 g/mol. The highest BCUT2D eigenvalue weighted by molar-refractivity contribution is 6.30. The standard InChI is InChI=1S/C13H12ClN3O/c1-8-2-4-10(5-3-8)17-7-9(14)6-11(12(17)15)13(16)18/h2-7,15H,1H3,(H2,16,18). The maximum Gasteiger partial charge on any atom is 0.252 e. The van der Waals surface area contributed by atoms with Crippen LogP contribution in [0.4, 0.5) is 0 Å². The Labute approximate surface area is 109 Å². The van der Waals surface area contributed by atoms with Crippen LogP contribution in [0.5, 0.6) is 0 Å². The molecule has 4 nitrogen and oxygen atoms in total. The lowest BCUT2D eigenvalue weighted by Gasteiger charge is -2.10. The van der Waals surface area contributed by atoms with Crippen LogP contribution < -0.4 is 11.2 Å². The molecule has 3 N–H and O–H groups in total. The molecule has 0 bridgehead atoms. The number of amides is 1. The summed E-state index contributed by atoms with van der Waals surface area (Å²) in [6.45, 7) is 1.98. The second-order valence-electron chi connectivity index (χ2n) is 3.99. The van der Waals surface area contributed by atoms with Gasteiger partial charge in [0.15, 0.2) is 0 Å². The van der Waals surface area contributed by atoms with Crippen LogP contribution in [0.25, 0.3) is 5.69 Å². The van der Waals surface area contributed by atoms with E-state index in [1.807, 2.05) is 31.2 Å². The van der Waals surface area contributed by atoms with Crippen LogP contribution in [0.2, 0.25) is 5.02 Å². The molecule has 0 atom stereocenters. The highest BCUT2D eigenvalue weighted by Gasteiger charge is 2.09. The number of nitrogens with two attached hydrogens (primary N) is 1. The third-order valence-corrected chi connectivity index (χ3v) is 2.81. The smallest absolute Gasteiger partial charge is 0.252 e. The topological polar surface area (TPSA) is 71.9 Å². The number of rotatable bonds is 2. The molecule has 0 aliphatic carbocycles. The molecule has 2 aromatic rings. The van der Waals surface area contributed by atoms with Crippen LogP contribution in [0, 0.1) is 12.3 Å². The Morgan fingerprint density at radius 1 is 1.33 bits per heavy atom. The van der Waals surface area contributed by atoms with Crippen LogP contribution in [0.1, 0.15) is 15.9 Å². The molecule has 0 aliphatic heterocycles. The van der Waals surface area contributed by atoms with Gasteiger partial charge in [-0.3, -0.25) is 10.2 Å². The Balaban J connectivity index is 2.68. The number of aryl methyl sites for hydroxylation is 1. The van der Waals surface area contributed by atoms with Crippen LogP contribution in [0.15, 0.2) is 36.5 Å². The highest BCUT2D eigenvalue weighted by atomic mass is 35.5. The summed E-state index contributed by atoms with van der Waals surface area (Å²) >= 11 is 5.94. The fraction of sp³-hybridized carbons (Fsp3) is 0.0769. The van der Waals surface area contributed by atoms with Gasteiger partial charge in [0.05, 0.1) is 10.6 Å². The lowest BCUT2D eigenvalue weighted by molar-refractivity contribution is 0.0998. The molecule has 0 aliphatic rings. The Morgan fingerprint density at radius 2 is 1.94 bits per heavy atom. The Hall–Kier alpha value is -2.07. The van der Waals surface area contributed by atoms with E-state index in [9.17, 15) is 4.79 Å². The van der Waals surface area contributed by atoms with E-state index in [-0.39, 0.29) is 11.1 Å². The van der Waals surface area contributed by atoms with E-state index in [0.29, 0.717) is 5.02 Å². The number of halogens is 1. The summed E-state index contributed by atoms with van der Waals surface area (Å²) in [4.78, 5) is 11.2. The summed E-state index contributed by atoms with van der Waals surface area (Å²) in [6.07, 6.45) is 1.58. The van der Waals surface area contributed by atoms with Gasteiger partial charge >= 0.3 is 0 Å². The zero-order valence-corrected chi connectivity index (χ0v) is 10.5. The Morgan fingerprint density at radius 3 is 2.50 bits per heavy atom. The molecule has 0 radical (unpaired) electrons. The Kier molecular flexibility index (Phi) is 3.21. The number of pyridine rings is 1. The summed E-state index contributed by atoms with van der Waals surface area (Å²) in [5.41, 5.74) is 7.22. The van der Waals surface area contributed by atoms with Gasteiger partial charge in [-0.25, -0.2) is 0 Å². The highest BCUT2D eigenvalue weighted by Crippen LogP contribution is 2.12. The fourth-order valence-electron chi connectivity index (χ4n) is 1.66. The molecule has 18 heavy (non-hydrogen) atoms. The van der Waals surface area contributed by atoms with Crippen molar-refractivity contribution in [3.8, 4) is 5.69 Å². The quantitative estimate of drug-likeness (QED) is 0.853. The number of benzene rings is 1. The maximum atomic E-state index is 11.2. The predicted octanol–water partition coefficient (Wildman–Crippen LogP) is 2.02. The van der Waals surface area contributed by atoms with Gasteiger partial charge in [-0.05, 0) is 25.1 Å². The summed E-state index contributed by atoms with van der Waals surface area (Å²) < 4.78 is 1.53. The van der Waals surface area contributed by atoms with E-state index < -0.39 is 5.91 Å². The summed E-state index contributed by atoms with van der Waals surface area (Å²) in [5.74, 6) is -0.664. The third-order valence-electron chi connectivity index (χ3n) is 2.61. The molecule has 0 saturated heterocycles. The SMILES string of the molecule is Cc1ccc(-n2cc(Cl)cc(C(N)=O)c2=N)cc1. The minimum absolute atomic E-state index is 0.0238. The molecule has 0 unspecified atom stereocenters. The van der Waals surface area contributed by atoms with Gasteiger partial charge in [0, 0.05) is 11.9 Å². The van der Waals surface area contributed by atoms with E-state index in [1.165, 1.54) is 10.6 Å². The molecule has 0 fully saturated rings. The second kappa shape index (κ2) is 4.66. The lowest BCUT2D eigenvalue weighted by Crippen LogP contribution is -2.28. The van der Waals surface area contributed by atoms with Gasteiger partial charge in [-0.15, -0.1) is 0 Å². The third kappa shape index (κ3) is 2.28. The van der Waals surface area contributed by atoms with Crippen LogP contribution in [-0.2, 0) is 0 Å². The molecule has 1 heterocycles. The minimum atomic E-state index is -0.664. The van der Waals surface area contributed by atoms with Crippen molar-refractivity contribution in [3.05, 3.63) is 58.2 Å². The van der Waals surface area contributed by atoms with E-state index in [4.69, 9.17) is 22.7 Å². The molecule has 0 saturated carbocycles. The van der Waals surface area contributed by atoms with Crippen LogP contribution in [-0.4, -0.2) is 10.5 Å². The minimum Gasteiger partial charge on any atom is -0.365 e. The summed E-state index contributed by atoms with van der Waals surface area (Å²) in [6, 6.07) is 8.96. The predicted molar refractivity (Wildman–Crippen MR) is 69.9 cm³/mol.